The number of benzene rings is 1. The topological polar surface area (TPSA) is 12.0 Å². The molecular weight excluding hydrogens is 194 g/mol. The van der Waals surface area contributed by atoms with E-state index in [1.165, 1.54) is 30.5 Å². The smallest absolute Gasteiger partial charge is 0.00148 e. The Labute approximate surface area is 99.3 Å². The summed E-state index contributed by atoms with van der Waals surface area (Å²) in [4.78, 5) is 0. The lowest BCUT2D eigenvalue weighted by Gasteiger charge is -2.38. The SMILES string of the molecule is CCNCC1CCC1c1cccc(C)c1C. The van der Waals surface area contributed by atoms with E-state index in [1.54, 1.807) is 5.56 Å². The Morgan fingerprint density at radius 3 is 2.69 bits per heavy atom. The molecule has 1 aliphatic rings. The Balaban J connectivity index is 2.09. The van der Waals surface area contributed by atoms with Crippen molar-refractivity contribution >= 4 is 0 Å². The highest BCUT2D eigenvalue weighted by Crippen LogP contribution is 2.43. The molecule has 1 N–H and O–H groups in total. The van der Waals surface area contributed by atoms with Gasteiger partial charge in [0.15, 0.2) is 0 Å². The Morgan fingerprint density at radius 1 is 1.25 bits per heavy atom. The van der Waals surface area contributed by atoms with Gasteiger partial charge in [-0.1, -0.05) is 25.1 Å². The highest BCUT2D eigenvalue weighted by atomic mass is 14.9. The second kappa shape index (κ2) is 5.01. The minimum absolute atomic E-state index is 0.805. The quantitative estimate of drug-likeness (QED) is 0.815. The van der Waals surface area contributed by atoms with Crippen LogP contribution in [0.4, 0.5) is 0 Å². The van der Waals surface area contributed by atoms with Gasteiger partial charge in [-0.25, -0.2) is 0 Å². The Morgan fingerprint density at radius 2 is 2.06 bits per heavy atom. The first-order chi connectivity index (χ1) is 7.74. The fourth-order valence-corrected chi connectivity index (χ4v) is 2.73. The van der Waals surface area contributed by atoms with Gasteiger partial charge >= 0.3 is 0 Å². The van der Waals surface area contributed by atoms with Crippen LogP contribution in [0.5, 0.6) is 0 Å². The standard InChI is InChI=1S/C15H23N/c1-4-16-10-13-8-9-15(13)14-7-5-6-11(2)12(14)3/h5-7,13,15-16H,4,8-10H2,1-3H3. The van der Waals surface area contributed by atoms with E-state index >= 15 is 0 Å². The van der Waals surface area contributed by atoms with Crippen molar-refractivity contribution in [1.29, 1.82) is 0 Å². The molecule has 0 spiro atoms. The first kappa shape index (κ1) is 11.7. The van der Waals surface area contributed by atoms with Crippen LogP contribution in [0.3, 0.4) is 0 Å². The van der Waals surface area contributed by atoms with Crippen LogP contribution in [0.1, 0.15) is 42.4 Å². The molecule has 1 aromatic rings. The van der Waals surface area contributed by atoms with Crippen LogP contribution in [-0.4, -0.2) is 13.1 Å². The third-order valence-electron chi connectivity index (χ3n) is 4.12. The fourth-order valence-electron chi connectivity index (χ4n) is 2.73. The molecule has 2 unspecified atom stereocenters. The maximum absolute atomic E-state index is 3.48. The van der Waals surface area contributed by atoms with Gasteiger partial charge in [-0.05, 0) is 68.3 Å². The van der Waals surface area contributed by atoms with Crippen molar-refractivity contribution in [1.82, 2.24) is 5.32 Å². The second-order valence-electron chi connectivity index (χ2n) is 5.04. The summed E-state index contributed by atoms with van der Waals surface area (Å²) in [7, 11) is 0. The minimum atomic E-state index is 0.805. The lowest BCUT2D eigenvalue weighted by molar-refractivity contribution is 0.246. The van der Waals surface area contributed by atoms with Gasteiger partial charge in [-0.15, -0.1) is 0 Å². The molecule has 0 bridgehead atoms. The summed E-state index contributed by atoms with van der Waals surface area (Å²) in [5.41, 5.74) is 4.54. The molecule has 1 heteroatoms. The average Bonchev–Trinajstić information content (AvgIpc) is 2.24. The molecule has 2 atom stereocenters. The van der Waals surface area contributed by atoms with Crippen molar-refractivity contribution in [3.8, 4) is 0 Å². The van der Waals surface area contributed by atoms with Gasteiger partial charge in [-0.3, -0.25) is 0 Å². The van der Waals surface area contributed by atoms with Crippen molar-refractivity contribution in [3.05, 3.63) is 34.9 Å². The number of hydrogen-bond acceptors (Lipinski definition) is 1. The molecule has 0 radical (unpaired) electrons. The van der Waals surface area contributed by atoms with Gasteiger partial charge in [0.1, 0.15) is 0 Å². The Hall–Kier alpha value is -0.820. The number of hydrogen-bond donors (Lipinski definition) is 1. The summed E-state index contributed by atoms with van der Waals surface area (Å²) in [5, 5.41) is 3.48. The molecule has 2 rings (SSSR count). The highest BCUT2D eigenvalue weighted by Gasteiger charge is 2.32. The van der Waals surface area contributed by atoms with E-state index < -0.39 is 0 Å². The van der Waals surface area contributed by atoms with Crippen LogP contribution in [0, 0.1) is 19.8 Å². The second-order valence-corrected chi connectivity index (χ2v) is 5.04. The number of aryl methyl sites for hydroxylation is 1. The van der Waals surface area contributed by atoms with Crippen LogP contribution >= 0.6 is 0 Å². The van der Waals surface area contributed by atoms with Gasteiger partial charge in [0.05, 0.1) is 0 Å². The van der Waals surface area contributed by atoms with Crippen LogP contribution in [0.15, 0.2) is 18.2 Å². The predicted octanol–water partition coefficient (Wildman–Crippen LogP) is 3.41. The molecule has 0 aliphatic heterocycles. The van der Waals surface area contributed by atoms with E-state index in [2.05, 4.69) is 44.3 Å². The molecule has 1 fully saturated rings. The first-order valence-electron chi connectivity index (χ1n) is 6.50. The molecule has 1 aromatic carbocycles. The van der Waals surface area contributed by atoms with Crippen LogP contribution in [0.2, 0.25) is 0 Å². The summed E-state index contributed by atoms with van der Waals surface area (Å²) < 4.78 is 0. The van der Waals surface area contributed by atoms with Gasteiger partial charge in [0, 0.05) is 0 Å². The van der Waals surface area contributed by atoms with Crippen molar-refractivity contribution < 1.29 is 0 Å². The highest BCUT2D eigenvalue weighted by molar-refractivity contribution is 5.37. The van der Waals surface area contributed by atoms with E-state index in [0.717, 1.165) is 18.4 Å². The fraction of sp³-hybridized carbons (Fsp3) is 0.600. The van der Waals surface area contributed by atoms with Crippen molar-refractivity contribution in [2.45, 2.75) is 39.5 Å². The summed E-state index contributed by atoms with van der Waals surface area (Å²) in [6.07, 6.45) is 2.77. The van der Waals surface area contributed by atoms with Gasteiger partial charge in [-0.2, -0.15) is 0 Å². The average molecular weight is 217 g/mol. The molecule has 1 saturated carbocycles. The van der Waals surface area contributed by atoms with E-state index in [4.69, 9.17) is 0 Å². The Bertz CT molecular complexity index is 356. The predicted molar refractivity (Wildman–Crippen MR) is 69.9 cm³/mol. The maximum Gasteiger partial charge on any atom is -0.00148 e. The zero-order valence-electron chi connectivity index (χ0n) is 10.7. The van der Waals surface area contributed by atoms with Crippen LogP contribution < -0.4 is 5.32 Å². The summed E-state index contributed by atoms with van der Waals surface area (Å²) in [5.74, 6) is 1.67. The van der Waals surface area contributed by atoms with E-state index in [1.807, 2.05) is 0 Å². The lowest BCUT2D eigenvalue weighted by atomic mass is 9.68. The molecule has 0 amide bonds. The molecular formula is C15H23N. The minimum Gasteiger partial charge on any atom is -0.317 e. The molecule has 0 aromatic heterocycles. The molecule has 16 heavy (non-hydrogen) atoms. The lowest BCUT2D eigenvalue weighted by Crippen LogP contribution is -2.34. The summed E-state index contributed by atoms with van der Waals surface area (Å²) in [6, 6.07) is 6.75. The Kier molecular flexibility index (Phi) is 3.65. The molecule has 1 aliphatic carbocycles. The zero-order chi connectivity index (χ0) is 11.5. The number of nitrogens with one attached hydrogen (secondary N) is 1. The van der Waals surface area contributed by atoms with Gasteiger partial charge < -0.3 is 5.32 Å². The van der Waals surface area contributed by atoms with Crippen molar-refractivity contribution in [2.75, 3.05) is 13.1 Å². The van der Waals surface area contributed by atoms with E-state index in [0.29, 0.717) is 0 Å². The van der Waals surface area contributed by atoms with Gasteiger partial charge in [0.25, 0.3) is 0 Å². The molecule has 1 nitrogen and oxygen atoms in total. The van der Waals surface area contributed by atoms with E-state index in [-0.39, 0.29) is 0 Å². The largest absolute Gasteiger partial charge is 0.317 e. The third kappa shape index (κ3) is 2.15. The molecule has 0 heterocycles. The summed E-state index contributed by atoms with van der Waals surface area (Å²) >= 11 is 0. The normalized spacial score (nSPS) is 24.2. The maximum atomic E-state index is 3.48. The van der Waals surface area contributed by atoms with E-state index in [9.17, 15) is 0 Å². The van der Waals surface area contributed by atoms with Gasteiger partial charge in [0.2, 0.25) is 0 Å². The van der Waals surface area contributed by atoms with Crippen molar-refractivity contribution in [2.24, 2.45) is 5.92 Å². The number of rotatable bonds is 4. The molecule has 88 valence electrons. The van der Waals surface area contributed by atoms with Crippen molar-refractivity contribution in [3.63, 3.8) is 0 Å². The van der Waals surface area contributed by atoms with Crippen LogP contribution in [-0.2, 0) is 0 Å². The zero-order valence-corrected chi connectivity index (χ0v) is 10.7. The third-order valence-corrected chi connectivity index (χ3v) is 4.12. The summed E-state index contributed by atoms with van der Waals surface area (Å²) in [6.45, 7) is 8.96. The first-order valence-corrected chi connectivity index (χ1v) is 6.50. The van der Waals surface area contributed by atoms with Crippen LogP contribution in [0.25, 0.3) is 0 Å². The monoisotopic (exact) mass is 217 g/mol. The molecule has 0 saturated heterocycles.